The summed E-state index contributed by atoms with van der Waals surface area (Å²) >= 11 is 1.97. The number of carbonyl (C=O) groups is 2. The van der Waals surface area contributed by atoms with Crippen molar-refractivity contribution in [2.24, 2.45) is 5.10 Å². The Morgan fingerprint density at radius 1 is 1.22 bits per heavy atom. The first-order chi connectivity index (χ1) is 12.8. The molecule has 8 heteroatoms. The van der Waals surface area contributed by atoms with Crippen LogP contribution in [0.1, 0.15) is 23.6 Å². The number of ether oxygens (including phenoxy) is 1. The Morgan fingerprint density at radius 2 is 1.89 bits per heavy atom. The molecule has 0 aromatic heterocycles. The standard InChI is InChI=1S/C19H20IN3O4/c1-4-27-15-9-13(8-14(20)17(15)24)10-21-23-19(26)18(25)22-16-11(2)6-5-7-12(16)3/h5-10,24H,4H2,1-3H3,(H,22,25)(H,23,26)/b21-10-. The molecule has 2 amide bonds. The van der Waals surface area contributed by atoms with Crippen molar-refractivity contribution in [2.45, 2.75) is 20.8 Å². The van der Waals surface area contributed by atoms with Crippen LogP contribution in [0.2, 0.25) is 0 Å². The zero-order valence-corrected chi connectivity index (χ0v) is 17.3. The predicted octanol–water partition coefficient (Wildman–Crippen LogP) is 3.10. The second kappa shape index (κ2) is 9.36. The van der Waals surface area contributed by atoms with Crippen LogP contribution in [0.5, 0.6) is 11.5 Å². The largest absolute Gasteiger partial charge is 0.504 e. The highest BCUT2D eigenvalue weighted by Gasteiger charge is 2.15. The number of carbonyl (C=O) groups excluding carboxylic acids is 2. The van der Waals surface area contributed by atoms with Gasteiger partial charge in [-0.3, -0.25) is 9.59 Å². The molecule has 0 aliphatic heterocycles. The Kier molecular flexibility index (Phi) is 7.17. The monoisotopic (exact) mass is 481 g/mol. The average molecular weight is 481 g/mol. The van der Waals surface area contributed by atoms with E-state index < -0.39 is 11.8 Å². The molecule has 0 aliphatic carbocycles. The van der Waals surface area contributed by atoms with Crippen molar-refractivity contribution in [3.05, 3.63) is 50.6 Å². The zero-order chi connectivity index (χ0) is 20.0. The molecule has 2 rings (SSSR count). The number of nitrogens with one attached hydrogen (secondary N) is 2. The van der Waals surface area contributed by atoms with Crippen LogP contribution in [0.3, 0.4) is 0 Å². The number of anilines is 1. The van der Waals surface area contributed by atoms with Gasteiger partial charge in [0.05, 0.1) is 16.4 Å². The number of halogens is 1. The van der Waals surface area contributed by atoms with Crippen molar-refractivity contribution in [3.8, 4) is 11.5 Å². The molecule has 7 nitrogen and oxygen atoms in total. The molecule has 0 aliphatic rings. The number of phenols is 1. The van der Waals surface area contributed by atoms with E-state index in [1.807, 2.05) is 61.6 Å². The third-order valence-corrected chi connectivity index (χ3v) is 4.48. The quantitative estimate of drug-likeness (QED) is 0.265. The number of aryl methyl sites for hydroxylation is 2. The van der Waals surface area contributed by atoms with E-state index in [1.165, 1.54) is 6.21 Å². The normalized spacial score (nSPS) is 10.7. The predicted molar refractivity (Wildman–Crippen MR) is 112 cm³/mol. The second-order valence-corrected chi connectivity index (χ2v) is 6.86. The average Bonchev–Trinajstić information content (AvgIpc) is 2.62. The summed E-state index contributed by atoms with van der Waals surface area (Å²) in [5, 5.41) is 16.3. The van der Waals surface area contributed by atoms with E-state index in [-0.39, 0.29) is 5.75 Å². The van der Waals surface area contributed by atoms with Crippen LogP contribution < -0.4 is 15.5 Å². The van der Waals surface area contributed by atoms with E-state index in [0.717, 1.165) is 11.1 Å². The van der Waals surface area contributed by atoms with Gasteiger partial charge in [-0.15, -0.1) is 0 Å². The lowest BCUT2D eigenvalue weighted by Gasteiger charge is -2.10. The van der Waals surface area contributed by atoms with E-state index in [9.17, 15) is 14.7 Å². The van der Waals surface area contributed by atoms with Gasteiger partial charge in [0, 0.05) is 5.69 Å². The minimum Gasteiger partial charge on any atom is -0.504 e. The van der Waals surface area contributed by atoms with Crippen LogP contribution in [0, 0.1) is 17.4 Å². The summed E-state index contributed by atoms with van der Waals surface area (Å²) in [7, 11) is 0. The summed E-state index contributed by atoms with van der Waals surface area (Å²) in [6, 6.07) is 8.83. The van der Waals surface area contributed by atoms with E-state index in [1.54, 1.807) is 12.1 Å². The highest BCUT2D eigenvalue weighted by molar-refractivity contribution is 14.1. The summed E-state index contributed by atoms with van der Waals surface area (Å²) in [5.74, 6) is -1.32. The van der Waals surface area contributed by atoms with Gasteiger partial charge in [0.1, 0.15) is 0 Å². The molecule has 27 heavy (non-hydrogen) atoms. The van der Waals surface area contributed by atoms with Crippen LogP contribution in [-0.2, 0) is 9.59 Å². The molecule has 2 aromatic rings. The lowest BCUT2D eigenvalue weighted by atomic mass is 10.1. The Morgan fingerprint density at radius 3 is 2.52 bits per heavy atom. The number of hydrogen-bond acceptors (Lipinski definition) is 5. The maximum Gasteiger partial charge on any atom is 0.329 e. The van der Waals surface area contributed by atoms with E-state index in [2.05, 4.69) is 15.8 Å². The van der Waals surface area contributed by atoms with E-state index >= 15 is 0 Å². The Labute approximate surface area is 171 Å². The first-order valence-corrected chi connectivity index (χ1v) is 9.27. The smallest absolute Gasteiger partial charge is 0.329 e. The lowest BCUT2D eigenvalue weighted by molar-refractivity contribution is -0.136. The lowest BCUT2D eigenvalue weighted by Crippen LogP contribution is -2.32. The molecule has 0 heterocycles. The van der Waals surface area contributed by atoms with Gasteiger partial charge < -0.3 is 15.2 Å². The molecule has 0 unspecified atom stereocenters. The third kappa shape index (κ3) is 5.43. The van der Waals surface area contributed by atoms with Crippen molar-refractivity contribution in [3.63, 3.8) is 0 Å². The van der Waals surface area contributed by atoms with Crippen LogP contribution in [0.4, 0.5) is 5.69 Å². The molecule has 0 saturated carbocycles. The van der Waals surface area contributed by atoms with Crippen molar-refractivity contribution >= 4 is 46.3 Å². The zero-order valence-electron chi connectivity index (χ0n) is 15.2. The van der Waals surface area contributed by atoms with Crippen molar-refractivity contribution in [1.29, 1.82) is 0 Å². The molecular weight excluding hydrogens is 461 g/mol. The summed E-state index contributed by atoms with van der Waals surface area (Å²) in [6.45, 7) is 5.91. The highest BCUT2D eigenvalue weighted by atomic mass is 127. The Balaban J connectivity index is 2.03. The summed E-state index contributed by atoms with van der Waals surface area (Å²) in [4.78, 5) is 24.0. The topological polar surface area (TPSA) is 100 Å². The van der Waals surface area contributed by atoms with Crippen LogP contribution >= 0.6 is 22.6 Å². The first-order valence-electron chi connectivity index (χ1n) is 8.19. The molecule has 0 atom stereocenters. The van der Waals surface area contributed by atoms with Gasteiger partial charge in [-0.2, -0.15) is 5.10 Å². The molecule has 0 bridgehead atoms. The number of aromatic hydroxyl groups is 1. The number of rotatable bonds is 5. The second-order valence-electron chi connectivity index (χ2n) is 5.70. The fourth-order valence-electron chi connectivity index (χ4n) is 2.33. The third-order valence-electron chi connectivity index (χ3n) is 3.66. The van der Waals surface area contributed by atoms with Gasteiger partial charge in [0.15, 0.2) is 11.5 Å². The van der Waals surface area contributed by atoms with Gasteiger partial charge in [-0.25, -0.2) is 5.43 Å². The Bertz CT molecular complexity index is 877. The number of benzene rings is 2. The summed E-state index contributed by atoms with van der Waals surface area (Å²) in [5.41, 5.74) is 5.13. The van der Waals surface area contributed by atoms with Gasteiger partial charge in [0.25, 0.3) is 0 Å². The minimum absolute atomic E-state index is 0.0478. The molecule has 0 saturated heterocycles. The van der Waals surface area contributed by atoms with Crippen molar-refractivity contribution in [2.75, 3.05) is 11.9 Å². The van der Waals surface area contributed by atoms with Gasteiger partial charge in [-0.05, 0) is 72.2 Å². The molecule has 3 N–H and O–H groups in total. The molecule has 142 valence electrons. The SMILES string of the molecule is CCOc1cc(/C=N\NC(=O)C(=O)Nc2c(C)cccc2C)cc(I)c1O. The number of hydrazone groups is 1. The van der Waals surface area contributed by atoms with Gasteiger partial charge in [-0.1, -0.05) is 18.2 Å². The van der Waals surface area contributed by atoms with Gasteiger partial charge in [0.2, 0.25) is 0 Å². The van der Waals surface area contributed by atoms with Crippen LogP contribution in [-0.4, -0.2) is 29.7 Å². The van der Waals surface area contributed by atoms with E-state index in [4.69, 9.17) is 4.74 Å². The minimum atomic E-state index is -0.882. The maximum absolute atomic E-state index is 12.0. The molecular formula is C19H20IN3O4. The van der Waals surface area contributed by atoms with Crippen LogP contribution in [0.15, 0.2) is 35.4 Å². The number of amides is 2. The van der Waals surface area contributed by atoms with Crippen LogP contribution in [0.25, 0.3) is 0 Å². The van der Waals surface area contributed by atoms with Crippen molar-refractivity contribution in [1.82, 2.24) is 5.43 Å². The molecule has 0 fully saturated rings. The molecule has 0 radical (unpaired) electrons. The summed E-state index contributed by atoms with van der Waals surface area (Å²) < 4.78 is 5.93. The fraction of sp³-hybridized carbons (Fsp3) is 0.211. The highest BCUT2D eigenvalue weighted by Crippen LogP contribution is 2.32. The van der Waals surface area contributed by atoms with E-state index in [0.29, 0.717) is 27.2 Å². The van der Waals surface area contributed by atoms with Crippen molar-refractivity contribution < 1.29 is 19.4 Å². The fourth-order valence-corrected chi connectivity index (χ4v) is 2.96. The maximum atomic E-state index is 12.0. The molecule has 2 aromatic carbocycles. The van der Waals surface area contributed by atoms with Gasteiger partial charge >= 0.3 is 11.8 Å². The number of nitrogens with zero attached hydrogens (tertiary/aromatic N) is 1. The first kappa shape index (κ1) is 20.7. The number of phenolic OH excluding ortho intramolecular Hbond substituents is 1. The Hall–Kier alpha value is -2.62. The number of para-hydroxylation sites is 1. The number of hydrogen-bond donors (Lipinski definition) is 3. The molecule has 0 spiro atoms. The summed E-state index contributed by atoms with van der Waals surface area (Å²) in [6.07, 6.45) is 1.37.